The summed E-state index contributed by atoms with van der Waals surface area (Å²) >= 11 is 0. The number of phosphoric acid groups is 2. The maximum absolute atomic E-state index is 13.0. The van der Waals surface area contributed by atoms with E-state index in [-0.39, 0.29) is 25.7 Å². The third kappa shape index (κ3) is 55.9. The first-order valence-corrected chi connectivity index (χ1v) is 35.9. The maximum atomic E-state index is 13.0. The van der Waals surface area contributed by atoms with Gasteiger partial charge in [0.1, 0.15) is 19.3 Å². The van der Waals surface area contributed by atoms with Crippen molar-refractivity contribution in [2.75, 3.05) is 39.6 Å². The molecule has 0 aromatic carbocycles. The molecule has 0 fully saturated rings. The van der Waals surface area contributed by atoms with Crippen molar-refractivity contribution in [3.63, 3.8) is 0 Å². The van der Waals surface area contributed by atoms with Gasteiger partial charge in [0.2, 0.25) is 0 Å². The van der Waals surface area contributed by atoms with Gasteiger partial charge in [0.25, 0.3) is 0 Å². The summed E-state index contributed by atoms with van der Waals surface area (Å²) in [6.45, 7) is 11.7. The number of carbonyl (C=O) groups excluding carboxylic acids is 4. The van der Waals surface area contributed by atoms with Crippen molar-refractivity contribution >= 4 is 39.5 Å². The minimum atomic E-state index is -4.94. The van der Waals surface area contributed by atoms with Crippen molar-refractivity contribution in [3.8, 4) is 0 Å². The van der Waals surface area contributed by atoms with Gasteiger partial charge in [0, 0.05) is 25.7 Å². The molecule has 6 atom stereocenters. The van der Waals surface area contributed by atoms with Gasteiger partial charge in [0.05, 0.1) is 26.4 Å². The molecule has 486 valence electrons. The Kier molecular flexibility index (Phi) is 53.2. The highest BCUT2D eigenvalue weighted by atomic mass is 31.2. The monoisotopic (exact) mass is 1210 g/mol. The van der Waals surface area contributed by atoms with E-state index in [4.69, 9.17) is 37.0 Å². The molecular weight excluding hydrogens is 1090 g/mol. The molecule has 0 amide bonds. The van der Waals surface area contributed by atoms with Crippen LogP contribution in [-0.4, -0.2) is 96.7 Å². The van der Waals surface area contributed by atoms with Gasteiger partial charge in [-0.05, 0) is 43.4 Å². The summed E-state index contributed by atoms with van der Waals surface area (Å²) in [5, 5.41) is 10.5. The SMILES string of the molecule is CCCCCCCCCCC(=O)OC[C@H](COP(=O)(O)OC[C@H](O)COP(=O)(O)OC[C@@H](COC(=O)CCCCCCCCCCC(C)CC)OC(=O)CCCCCCCCCCCC(C)C)OC(=O)CCCCCCCCCC(C)C. The number of ether oxygens (including phenoxy) is 4. The molecule has 0 saturated heterocycles. The van der Waals surface area contributed by atoms with E-state index in [1.807, 2.05) is 0 Å². The first kappa shape index (κ1) is 80.1. The molecule has 0 aliphatic rings. The molecule has 0 aliphatic carbocycles. The van der Waals surface area contributed by atoms with Crippen LogP contribution in [0.3, 0.4) is 0 Å². The number of aliphatic hydroxyl groups is 1. The van der Waals surface area contributed by atoms with E-state index >= 15 is 0 Å². The molecule has 0 saturated carbocycles. The lowest BCUT2D eigenvalue weighted by atomic mass is 9.99. The molecule has 3 unspecified atom stereocenters. The van der Waals surface area contributed by atoms with Gasteiger partial charge in [-0.2, -0.15) is 0 Å². The number of hydrogen-bond acceptors (Lipinski definition) is 15. The number of aliphatic hydroxyl groups excluding tert-OH is 1. The van der Waals surface area contributed by atoms with Crippen molar-refractivity contribution < 1.29 is 80.2 Å². The summed E-state index contributed by atoms with van der Waals surface area (Å²) in [6.07, 6.45) is 34.9. The van der Waals surface area contributed by atoms with Crippen molar-refractivity contribution in [1.29, 1.82) is 0 Å². The Labute approximate surface area is 498 Å². The minimum absolute atomic E-state index is 0.103. The highest BCUT2D eigenvalue weighted by Gasteiger charge is 2.30. The van der Waals surface area contributed by atoms with E-state index in [1.54, 1.807) is 0 Å². The fourth-order valence-electron chi connectivity index (χ4n) is 9.27. The molecule has 0 spiro atoms. The Morgan fingerprint density at radius 1 is 0.354 bits per heavy atom. The fourth-order valence-corrected chi connectivity index (χ4v) is 10.9. The standard InChI is InChI=1S/C63H122O17P2/c1-8-10-11-12-13-23-30-37-44-60(65)73-50-59(80-63(68)47-40-33-26-19-21-28-35-42-55(5)6)53-78-82(71,72)76-49-57(64)48-75-81(69,70)77-52-58(79-62(67)46-39-32-25-16-14-15-20-27-34-41-54(3)4)51-74-61(66)45-38-31-24-18-17-22-29-36-43-56(7)9-2/h54-59,64H,8-53H2,1-7H3,(H,69,70)(H,71,72)/t56?,57-,58-,59-/m1/s1. The molecular formula is C63H122O17P2. The number of hydrogen-bond donors (Lipinski definition) is 3. The lowest BCUT2D eigenvalue weighted by Crippen LogP contribution is -2.30. The van der Waals surface area contributed by atoms with Crippen LogP contribution in [0.4, 0.5) is 0 Å². The number of phosphoric ester groups is 2. The van der Waals surface area contributed by atoms with Crippen LogP contribution in [-0.2, 0) is 65.4 Å². The second-order valence-electron chi connectivity index (χ2n) is 24.0. The highest BCUT2D eigenvalue weighted by Crippen LogP contribution is 2.45. The average molecular weight is 1210 g/mol. The zero-order chi connectivity index (χ0) is 61.0. The van der Waals surface area contributed by atoms with E-state index in [0.717, 1.165) is 108 Å². The van der Waals surface area contributed by atoms with Gasteiger partial charge in [0.15, 0.2) is 12.2 Å². The summed E-state index contributed by atoms with van der Waals surface area (Å²) < 4.78 is 67.9. The number of carbonyl (C=O) groups is 4. The number of unbranched alkanes of at least 4 members (excludes halogenated alkanes) is 28. The second kappa shape index (κ2) is 54.5. The zero-order valence-electron chi connectivity index (χ0n) is 52.9. The molecule has 3 N–H and O–H groups in total. The van der Waals surface area contributed by atoms with E-state index in [2.05, 4.69) is 48.5 Å². The summed E-state index contributed by atoms with van der Waals surface area (Å²) in [6, 6.07) is 0. The molecule has 0 aliphatic heterocycles. The fraction of sp³-hybridized carbons (Fsp3) is 0.937. The van der Waals surface area contributed by atoms with Gasteiger partial charge in [-0.3, -0.25) is 37.3 Å². The summed E-state index contributed by atoms with van der Waals surface area (Å²) in [5.41, 5.74) is 0. The Morgan fingerprint density at radius 3 is 0.927 bits per heavy atom. The Hall–Kier alpha value is -1.94. The third-order valence-electron chi connectivity index (χ3n) is 14.7. The molecule has 0 aromatic heterocycles. The first-order chi connectivity index (χ1) is 39.3. The van der Waals surface area contributed by atoms with Crippen LogP contribution < -0.4 is 0 Å². The van der Waals surface area contributed by atoms with Gasteiger partial charge in [-0.25, -0.2) is 9.13 Å². The predicted molar refractivity (Wildman–Crippen MR) is 326 cm³/mol. The smallest absolute Gasteiger partial charge is 0.462 e. The average Bonchev–Trinajstić information content (AvgIpc) is 3.43. The maximum Gasteiger partial charge on any atom is 0.472 e. The molecule has 0 heterocycles. The Bertz CT molecular complexity index is 1630. The van der Waals surface area contributed by atoms with Crippen LogP contribution in [0.15, 0.2) is 0 Å². The molecule has 0 bridgehead atoms. The largest absolute Gasteiger partial charge is 0.472 e. The Balaban J connectivity index is 5.24. The topological polar surface area (TPSA) is 237 Å². The quantitative estimate of drug-likeness (QED) is 0.0222. The molecule has 17 nitrogen and oxygen atoms in total. The molecule has 0 radical (unpaired) electrons. The van der Waals surface area contributed by atoms with E-state index in [9.17, 15) is 43.2 Å². The van der Waals surface area contributed by atoms with Crippen molar-refractivity contribution in [2.24, 2.45) is 17.8 Å². The molecule has 0 rings (SSSR count). The summed E-state index contributed by atoms with van der Waals surface area (Å²) in [4.78, 5) is 72.1. The lowest BCUT2D eigenvalue weighted by Gasteiger charge is -2.21. The van der Waals surface area contributed by atoms with Crippen molar-refractivity contribution in [2.45, 2.75) is 324 Å². The van der Waals surface area contributed by atoms with Gasteiger partial charge >= 0.3 is 39.5 Å². The van der Waals surface area contributed by atoms with Gasteiger partial charge in [-0.1, -0.05) is 254 Å². The minimum Gasteiger partial charge on any atom is -0.462 e. The normalized spacial score (nSPS) is 14.7. The third-order valence-corrected chi connectivity index (χ3v) is 16.6. The van der Waals surface area contributed by atoms with Crippen LogP contribution in [0.1, 0.15) is 305 Å². The second-order valence-corrected chi connectivity index (χ2v) is 26.9. The summed E-state index contributed by atoms with van der Waals surface area (Å²) in [7, 11) is -9.88. The number of rotatable bonds is 61. The zero-order valence-corrected chi connectivity index (χ0v) is 54.7. The van der Waals surface area contributed by atoms with E-state index < -0.39 is 97.5 Å². The molecule has 82 heavy (non-hydrogen) atoms. The lowest BCUT2D eigenvalue weighted by molar-refractivity contribution is -0.161. The molecule has 19 heteroatoms. The van der Waals surface area contributed by atoms with E-state index in [0.29, 0.717) is 31.6 Å². The number of esters is 4. The predicted octanol–water partition coefficient (Wildman–Crippen LogP) is 17.1. The van der Waals surface area contributed by atoms with Crippen LogP contribution in [0.5, 0.6) is 0 Å². The van der Waals surface area contributed by atoms with Crippen molar-refractivity contribution in [3.05, 3.63) is 0 Å². The summed E-state index contributed by atoms with van der Waals surface area (Å²) in [5.74, 6) is 0.0683. The van der Waals surface area contributed by atoms with Crippen LogP contribution in [0.2, 0.25) is 0 Å². The molecule has 0 aromatic rings. The van der Waals surface area contributed by atoms with Crippen LogP contribution >= 0.6 is 15.6 Å². The first-order valence-electron chi connectivity index (χ1n) is 32.9. The van der Waals surface area contributed by atoms with Gasteiger partial charge in [-0.15, -0.1) is 0 Å². The van der Waals surface area contributed by atoms with Crippen molar-refractivity contribution in [1.82, 2.24) is 0 Å². The van der Waals surface area contributed by atoms with Crippen LogP contribution in [0.25, 0.3) is 0 Å². The Morgan fingerprint density at radius 2 is 0.622 bits per heavy atom. The van der Waals surface area contributed by atoms with Crippen LogP contribution in [0, 0.1) is 17.8 Å². The van der Waals surface area contributed by atoms with E-state index in [1.165, 1.54) is 109 Å². The van der Waals surface area contributed by atoms with Gasteiger partial charge < -0.3 is 33.8 Å². The highest BCUT2D eigenvalue weighted by molar-refractivity contribution is 7.47.